The summed E-state index contributed by atoms with van der Waals surface area (Å²) >= 11 is 2.84. The van der Waals surface area contributed by atoms with Crippen molar-refractivity contribution in [2.24, 2.45) is 0 Å². The molecular formula is C13H16N4O3S3. The lowest BCUT2D eigenvalue weighted by atomic mass is 10.1. The Morgan fingerprint density at radius 3 is 2.74 bits per heavy atom. The molecule has 0 unspecified atom stereocenters. The van der Waals surface area contributed by atoms with Gasteiger partial charge in [-0.05, 0) is 30.4 Å². The molecule has 1 aromatic heterocycles. The van der Waals surface area contributed by atoms with Crippen LogP contribution >= 0.6 is 23.1 Å². The van der Waals surface area contributed by atoms with Crippen molar-refractivity contribution in [2.75, 3.05) is 22.0 Å². The second-order valence-corrected chi connectivity index (χ2v) is 8.90. The Bertz CT molecular complexity index is 818. The fraction of sp³-hybridized carbons (Fsp3) is 0.308. The zero-order valence-electron chi connectivity index (χ0n) is 12.8. The normalized spacial score (nSPS) is 11.3. The van der Waals surface area contributed by atoms with E-state index in [2.05, 4.69) is 20.2 Å². The first-order valence-electron chi connectivity index (χ1n) is 6.64. The highest BCUT2D eigenvalue weighted by Gasteiger charge is 2.13. The van der Waals surface area contributed by atoms with Crippen LogP contribution in [0, 0.1) is 6.92 Å². The van der Waals surface area contributed by atoms with E-state index in [9.17, 15) is 13.2 Å². The summed E-state index contributed by atoms with van der Waals surface area (Å²) in [5.74, 6) is 0.506. The molecule has 0 atom stereocenters. The smallest absolute Gasteiger partial charge is 0.257 e. The van der Waals surface area contributed by atoms with Gasteiger partial charge in [0.2, 0.25) is 15.2 Å². The van der Waals surface area contributed by atoms with Crippen molar-refractivity contribution < 1.29 is 13.2 Å². The fourth-order valence-corrected chi connectivity index (χ4v) is 3.95. The Hall–Kier alpha value is -1.65. The summed E-state index contributed by atoms with van der Waals surface area (Å²) in [4.78, 5) is 12.3. The van der Waals surface area contributed by atoms with Gasteiger partial charge in [-0.2, -0.15) is 0 Å². The van der Waals surface area contributed by atoms with Crippen LogP contribution in [-0.2, 0) is 10.0 Å². The van der Waals surface area contributed by atoms with Gasteiger partial charge in [-0.3, -0.25) is 14.8 Å². The summed E-state index contributed by atoms with van der Waals surface area (Å²) in [5.41, 5.74) is 1.44. The van der Waals surface area contributed by atoms with Crippen LogP contribution < -0.4 is 10.0 Å². The number of hydrogen-bond donors (Lipinski definition) is 2. The molecule has 0 radical (unpaired) electrons. The van der Waals surface area contributed by atoms with Crippen molar-refractivity contribution in [3.8, 4) is 0 Å². The van der Waals surface area contributed by atoms with E-state index < -0.39 is 10.0 Å². The van der Waals surface area contributed by atoms with Crippen LogP contribution in [0.25, 0.3) is 0 Å². The maximum absolute atomic E-state index is 12.3. The zero-order valence-corrected chi connectivity index (χ0v) is 15.2. The van der Waals surface area contributed by atoms with E-state index in [0.29, 0.717) is 16.4 Å². The van der Waals surface area contributed by atoms with Gasteiger partial charge in [0, 0.05) is 5.56 Å². The first-order valence-corrected chi connectivity index (χ1v) is 10.3. The molecule has 2 aromatic rings. The topological polar surface area (TPSA) is 101 Å². The van der Waals surface area contributed by atoms with Gasteiger partial charge < -0.3 is 0 Å². The van der Waals surface area contributed by atoms with Gasteiger partial charge in [-0.25, -0.2) is 8.42 Å². The van der Waals surface area contributed by atoms with Gasteiger partial charge in [0.1, 0.15) is 0 Å². The van der Waals surface area contributed by atoms with Crippen molar-refractivity contribution >= 4 is 49.8 Å². The molecule has 1 aromatic carbocycles. The second kappa shape index (κ2) is 7.28. The van der Waals surface area contributed by atoms with E-state index in [4.69, 9.17) is 0 Å². The highest BCUT2D eigenvalue weighted by molar-refractivity contribution is 8.01. The number of aryl methyl sites for hydroxylation is 1. The third-order valence-electron chi connectivity index (χ3n) is 2.69. The number of amides is 1. The third kappa shape index (κ3) is 5.19. The molecule has 2 rings (SSSR count). The highest BCUT2D eigenvalue weighted by atomic mass is 32.2. The van der Waals surface area contributed by atoms with Crippen LogP contribution in [-0.4, -0.2) is 36.5 Å². The van der Waals surface area contributed by atoms with Crippen LogP contribution in [0.1, 0.15) is 22.8 Å². The SMILES string of the molecule is CCSc1nnc(NC(=O)c2ccc(C)c(NS(C)(=O)=O)c2)s1. The van der Waals surface area contributed by atoms with Crippen LogP contribution in [0.3, 0.4) is 0 Å². The number of anilines is 2. The van der Waals surface area contributed by atoms with Crippen molar-refractivity contribution in [1.82, 2.24) is 10.2 Å². The van der Waals surface area contributed by atoms with E-state index in [-0.39, 0.29) is 5.91 Å². The molecule has 23 heavy (non-hydrogen) atoms. The Balaban J connectivity index is 2.17. The van der Waals surface area contributed by atoms with Crippen LogP contribution in [0.5, 0.6) is 0 Å². The van der Waals surface area contributed by atoms with E-state index >= 15 is 0 Å². The largest absolute Gasteiger partial charge is 0.296 e. The zero-order chi connectivity index (χ0) is 17.0. The maximum atomic E-state index is 12.3. The number of benzene rings is 1. The standard InChI is InChI=1S/C13H16N4O3S3/c1-4-21-13-16-15-12(22-13)14-11(18)9-6-5-8(2)10(7-9)17-23(3,19)20/h5-7,17H,4H2,1-3H3,(H,14,15,18). The summed E-state index contributed by atoms with van der Waals surface area (Å²) < 4.78 is 25.9. The number of hydrogen-bond acceptors (Lipinski definition) is 7. The lowest BCUT2D eigenvalue weighted by Crippen LogP contribution is -2.14. The summed E-state index contributed by atoms with van der Waals surface area (Å²) in [5, 5.41) is 10.9. The number of carbonyl (C=O) groups is 1. The third-order valence-corrected chi connectivity index (χ3v) is 5.13. The molecule has 10 heteroatoms. The van der Waals surface area contributed by atoms with Gasteiger partial charge >= 0.3 is 0 Å². The molecule has 1 heterocycles. The van der Waals surface area contributed by atoms with Crippen molar-refractivity contribution in [2.45, 2.75) is 18.2 Å². The minimum absolute atomic E-state index is 0.335. The fourth-order valence-electron chi connectivity index (χ4n) is 1.68. The first-order chi connectivity index (χ1) is 10.8. The van der Waals surface area contributed by atoms with Crippen molar-refractivity contribution in [3.63, 3.8) is 0 Å². The lowest BCUT2D eigenvalue weighted by molar-refractivity contribution is 0.102. The highest BCUT2D eigenvalue weighted by Crippen LogP contribution is 2.26. The molecular weight excluding hydrogens is 356 g/mol. The van der Waals surface area contributed by atoms with E-state index in [1.807, 2.05) is 6.92 Å². The number of rotatable bonds is 6. The molecule has 1 amide bonds. The number of sulfonamides is 1. The molecule has 0 bridgehead atoms. The van der Waals surface area contributed by atoms with Crippen molar-refractivity contribution in [1.29, 1.82) is 0 Å². The van der Waals surface area contributed by atoms with Gasteiger partial charge in [0.25, 0.3) is 5.91 Å². The van der Waals surface area contributed by atoms with Gasteiger partial charge in [0.05, 0.1) is 11.9 Å². The number of aromatic nitrogens is 2. The second-order valence-electron chi connectivity index (χ2n) is 4.66. The maximum Gasteiger partial charge on any atom is 0.257 e. The first kappa shape index (κ1) is 17.7. The molecule has 2 N–H and O–H groups in total. The molecule has 0 saturated carbocycles. The molecule has 0 aliphatic carbocycles. The van der Waals surface area contributed by atoms with E-state index in [0.717, 1.165) is 21.9 Å². The average Bonchev–Trinajstić information content (AvgIpc) is 2.87. The summed E-state index contributed by atoms with van der Waals surface area (Å²) in [7, 11) is -3.41. The minimum Gasteiger partial charge on any atom is -0.296 e. The molecule has 0 saturated heterocycles. The molecule has 0 aliphatic heterocycles. The van der Waals surface area contributed by atoms with Gasteiger partial charge in [0.15, 0.2) is 4.34 Å². The van der Waals surface area contributed by atoms with E-state index in [1.54, 1.807) is 30.8 Å². The van der Waals surface area contributed by atoms with Crippen LogP contribution in [0.15, 0.2) is 22.5 Å². The number of nitrogens with zero attached hydrogens (tertiary/aromatic N) is 2. The predicted molar refractivity (Wildman–Crippen MR) is 93.9 cm³/mol. The minimum atomic E-state index is -3.41. The Morgan fingerprint density at radius 1 is 1.35 bits per heavy atom. The number of thioether (sulfide) groups is 1. The molecule has 0 spiro atoms. The number of nitrogens with one attached hydrogen (secondary N) is 2. The summed E-state index contributed by atoms with van der Waals surface area (Å²) in [6.07, 6.45) is 1.06. The Labute approximate surface area is 143 Å². The monoisotopic (exact) mass is 372 g/mol. The molecule has 7 nitrogen and oxygen atoms in total. The van der Waals surface area contributed by atoms with Gasteiger partial charge in [-0.15, -0.1) is 10.2 Å². The van der Waals surface area contributed by atoms with Crippen LogP contribution in [0.2, 0.25) is 0 Å². The summed E-state index contributed by atoms with van der Waals surface area (Å²) in [6.45, 7) is 3.77. The predicted octanol–water partition coefficient (Wildman–Crippen LogP) is 2.58. The Kier molecular flexibility index (Phi) is 5.60. The van der Waals surface area contributed by atoms with E-state index in [1.165, 1.54) is 17.4 Å². The molecule has 0 fully saturated rings. The Morgan fingerprint density at radius 2 is 2.09 bits per heavy atom. The molecule has 0 aliphatic rings. The summed E-state index contributed by atoms with van der Waals surface area (Å²) in [6, 6.07) is 4.80. The van der Waals surface area contributed by atoms with Gasteiger partial charge in [-0.1, -0.05) is 36.1 Å². The van der Waals surface area contributed by atoms with Crippen molar-refractivity contribution in [3.05, 3.63) is 29.3 Å². The van der Waals surface area contributed by atoms with Crippen LogP contribution in [0.4, 0.5) is 10.8 Å². The lowest BCUT2D eigenvalue weighted by Gasteiger charge is -2.09. The quantitative estimate of drug-likeness (QED) is 0.597. The average molecular weight is 372 g/mol. The molecule has 124 valence electrons. The number of carbonyl (C=O) groups excluding carboxylic acids is 1.